The van der Waals surface area contributed by atoms with E-state index in [4.69, 9.17) is 0 Å². The van der Waals surface area contributed by atoms with Gasteiger partial charge < -0.3 is 0 Å². The molecule has 0 amide bonds. The smallest absolute Gasteiger partial charge is 0.147 e. The van der Waals surface area contributed by atoms with Gasteiger partial charge in [-0.15, -0.1) is 0 Å². The monoisotopic (exact) mass is 219 g/mol. The molecule has 3 aromatic rings. The number of hydrogen-bond donors (Lipinski definition) is 0. The number of benzene rings is 2. The molecule has 0 saturated carbocycles. The number of fused-ring (bicyclic) bond motifs is 1. The number of aryl methyl sites for hydroxylation is 1. The predicted octanol–water partition coefficient (Wildman–Crippen LogP) is 3.41. The zero-order valence-electron chi connectivity index (χ0n) is 9.51. The van der Waals surface area contributed by atoms with Gasteiger partial charge in [-0.05, 0) is 12.4 Å². The molecule has 1 heterocycles. The van der Waals surface area contributed by atoms with E-state index < -0.39 is 0 Å². The van der Waals surface area contributed by atoms with Gasteiger partial charge in [-0.25, -0.2) is 4.98 Å². The Bertz CT molecular complexity index is 660. The third-order valence-electron chi connectivity index (χ3n) is 2.76. The van der Waals surface area contributed by atoms with Crippen molar-refractivity contribution in [3.63, 3.8) is 0 Å². The van der Waals surface area contributed by atoms with Crippen LogP contribution in [0.5, 0.6) is 0 Å². The molecule has 1 aromatic heterocycles. The van der Waals surface area contributed by atoms with E-state index >= 15 is 0 Å². The minimum atomic E-state index is 0.773. The van der Waals surface area contributed by atoms with E-state index in [1.54, 1.807) is 0 Å². The second kappa shape index (κ2) is 3.98. The molecular formula is C15H11N2-. The zero-order chi connectivity index (χ0) is 11.7. The molecule has 0 aliphatic carbocycles. The normalized spacial score (nSPS) is 10.6. The SMILES string of the molecule is Cc1nc(-c2ccccc2)nc2c[c-]ccc12. The van der Waals surface area contributed by atoms with Gasteiger partial charge in [0.05, 0.1) is 0 Å². The molecule has 17 heavy (non-hydrogen) atoms. The van der Waals surface area contributed by atoms with Gasteiger partial charge in [0.15, 0.2) is 0 Å². The van der Waals surface area contributed by atoms with E-state index in [1.165, 1.54) is 0 Å². The Morgan fingerprint density at radius 2 is 1.82 bits per heavy atom. The fraction of sp³-hybridized carbons (Fsp3) is 0.0667. The largest absolute Gasteiger partial charge is 0.295 e. The van der Waals surface area contributed by atoms with E-state index in [0.29, 0.717) is 0 Å². The van der Waals surface area contributed by atoms with Gasteiger partial charge in [0.2, 0.25) is 0 Å². The van der Waals surface area contributed by atoms with Crippen LogP contribution in [0.3, 0.4) is 0 Å². The van der Waals surface area contributed by atoms with Crippen LogP contribution in [0.15, 0.2) is 48.5 Å². The highest BCUT2D eigenvalue weighted by atomic mass is 14.9. The van der Waals surface area contributed by atoms with Crippen molar-refractivity contribution in [3.8, 4) is 11.4 Å². The molecule has 2 nitrogen and oxygen atoms in total. The number of rotatable bonds is 1. The van der Waals surface area contributed by atoms with E-state index in [0.717, 1.165) is 28.0 Å². The Morgan fingerprint density at radius 1 is 1.00 bits per heavy atom. The standard InChI is InChI=1S/C15H11N2/c1-11-13-9-5-6-10-14(13)17-15(16-11)12-7-3-2-4-8-12/h2-5,7-10H,1H3/q-1. The molecule has 0 aliphatic rings. The Labute approximate surface area is 100.0 Å². The lowest BCUT2D eigenvalue weighted by Gasteiger charge is -2.10. The summed E-state index contributed by atoms with van der Waals surface area (Å²) >= 11 is 0. The van der Waals surface area contributed by atoms with Crippen LogP contribution in [-0.2, 0) is 0 Å². The first-order valence-corrected chi connectivity index (χ1v) is 5.54. The first-order chi connectivity index (χ1) is 8.34. The van der Waals surface area contributed by atoms with Crippen molar-refractivity contribution in [1.82, 2.24) is 9.97 Å². The Kier molecular flexibility index (Phi) is 2.33. The van der Waals surface area contributed by atoms with Crippen LogP contribution in [0.1, 0.15) is 5.69 Å². The van der Waals surface area contributed by atoms with Gasteiger partial charge >= 0.3 is 0 Å². The lowest BCUT2D eigenvalue weighted by atomic mass is 10.1. The van der Waals surface area contributed by atoms with Crippen molar-refractivity contribution in [2.24, 2.45) is 0 Å². The van der Waals surface area contributed by atoms with Crippen molar-refractivity contribution >= 4 is 10.9 Å². The third kappa shape index (κ3) is 1.78. The molecule has 0 radical (unpaired) electrons. The number of hydrogen-bond acceptors (Lipinski definition) is 2. The predicted molar refractivity (Wildman–Crippen MR) is 68.5 cm³/mol. The molecule has 2 aromatic carbocycles. The van der Waals surface area contributed by atoms with Crippen LogP contribution < -0.4 is 0 Å². The van der Waals surface area contributed by atoms with Gasteiger partial charge in [-0.3, -0.25) is 4.98 Å². The third-order valence-corrected chi connectivity index (χ3v) is 2.76. The molecule has 0 bridgehead atoms. The van der Waals surface area contributed by atoms with Gasteiger partial charge in [0, 0.05) is 11.3 Å². The molecule has 0 saturated heterocycles. The van der Waals surface area contributed by atoms with Crippen LogP contribution in [0.4, 0.5) is 0 Å². The highest BCUT2D eigenvalue weighted by Gasteiger charge is 2.01. The number of aromatic nitrogens is 2. The van der Waals surface area contributed by atoms with E-state index in [9.17, 15) is 0 Å². The van der Waals surface area contributed by atoms with Gasteiger partial charge in [-0.1, -0.05) is 35.7 Å². The topological polar surface area (TPSA) is 25.8 Å². The van der Waals surface area contributed by atoms with E-state index in [-0.39, 0.29) is 0 Å². The van der Waals surface area contributed by atoms with Gasteiger partial charge in [0.25, 0.3) is 0 Å². The van der Waals surface area contributed by atoms with E-state index in [2.05, 4.69) is 16.0 Å². The van der Waals surface area contributed by atoms with Crippen molar-refractivity contribution in [2.75, 3.05) is 0 Å². The maximum Gasteiger partial charge on any atom is 0.147 e. The molecule has 0 atom stereocenters. The molecule has 2 heteroatoms. The molecule has 82 valence electrons. The summed E-state index contributed by atoms with van der Waals surface area (Å²) in [5, 5.41) is 1.09. The fourth-order valence-corrected chi connectivity index (χ4v) is 1.89. The first-order valence-electron chi connectivity index (χ1n) is 5.54. The first kappa shape index (κ1) is 9.97. The lowest BCUT2D eigenvalue weighted by Crippen LogP contribution is -1.93. The minimum absolute atomic E-state index is 0.773. The summed E-state index contributed by atoms with van der Waals surface area (Å²) < 4.78 is 0. The quantitative estimate of drug-likeness (QED) is 0.586. The van der Waals surface area contributed by atoms with Crippen molar-refractivity contribution in [2.45, 2.75) is 6.92 Å². The Morgan fingerprint density at radius 3 is 2.65 bits per heavy atom. The van der Waals surface area contributed by atoms with E-state index in [1.807, 2.05) is 55.5 Å². The Balaban J connectivity index is 2.26. The van der Waals surface area contributed by atoms with Crippen LogP contribution in [-0.4, -0.2) is 9.97 Å². The molecule has 0 fully saturated rings. The summed E-state index contributed by atoms with van der Waals surface area (Å²) in [6.07, 6.45) is 0. The van der Waals surface area contributed by atoms with Crippen molar-refractivity contribution in [3.05, 3.63) is 60.3 Å². The second-order valence-corrected chi connectivity index (χ2v) is 3.94. The highest BCUT2D eigenvalue weighted by molar-refractivity contribution is 5.82. The maximum atomic E-state index is 4.56. The zero-order valence-corrected chi connectivity index (χ0v) is 9.51. The average Bonchev–Trinajstić information content (AvgIpc) is 2.40. The molecule has 0 N–H and O–H groups in total. The van der Waals surface area contributed by atoms with Crippen LogP contribution in [0.25, 0.3) is 22.3 Å². The second-order valence-electron chi connectivity index (χ2n) is 3.94. The van der Waals surface area contributed by atoms with Crippen LogP contribution in [0, 0.1) is 13.0 Å². The molecule has 0 spiro atoms. The molecule has 0 aliphatic heterocycles. The summed E-state index contributed by atoms with van der Waals surface area (Å²) in [6.45, 7) is 2.01. The van der Waals surface area contributed by atoms with Crippen molar-refractivity contribution < 1.29 is 0 Å². The van der Waals surface area contributed by atoms with Crippen molar-refractivity contribution in [1.29, 1.82) is 0 Å². The van der Waals surface area contributed by atoms with Crippen LogP contribution in [0.2, 0.25) is 0 Å². The van der Waals surface area contributed by atoms with Gasteiger partial charge in [-0.2, -0.15) is 24.3 Å². The average molecular weight is 219 g/mol. The fourth-order valence-electron chi connectivity index (χ4n) is 1.89. The molecular weight excluding hydrogens is 208 g/mol. The summed E-state index contributed by atoms with van der Waals surface area (Å²) in [4.78, 5) is 9.11. The maximum absolute atomic E-state index is 4.56. The summed E-state index contributed by atoms with van der Waals surface area (Å²) in [5.74, 6) is 0.773. The van der Waals surface area contributed by atoms with Gasteiger partial charge in [0.1, 0.15) is 5.82 Å². The lowest BCUT2D eigenvalue weighted by molar-refractivity contribution is 1.16. The highest BCUT2D eigenvalue weighted by Crippen LogP contribution is 2.20. The van der Waals surface area contributed by atoms with Crippen LogP contribution >= 0.6 is 0 Å². The minimum Gasteiger partial charge on any atom is -0.295 e. The molecule has 3 rings (SSSR count). The summed E-state index contributed by atoms with van der Waals surface area (Å²) in [5.41, 5.74) is 2.99. The summed E-state index contributed by atoms with van der Waals surface area (Å²) in [6, 6.07) is 18.9. The number of nitrogens with zero attached hydrogens (tertiary/aromatic N) is 2. The summed E-state index contributed by atoms with van der Waals surface area (Å²) in [7, 11) is 0. The molecule has 0 unspecified atom stereocenters. The Hall–Kier alpha value is -2.22.